The molecule has 0 amide bonds. The molecule has 0 N–H and O–H groups in total. The molecule has 0 aliphatic rings. The number of ether oxygens (including phenoxy) is 3. The van der Waals surface area contributed by atoms with Gasteiger partial charge in [-0.25, -0.2) is 9.59 Å². The standard InChI is InChI=1S/C14H14O6/c1-10(2)13(16)18-7-8-19-14(17)11-5-3-4-6-12(11)20-9-15/h3-6,9H,1,7-8H2,2H3. The van der Waals surface area contributed by atoms with Crippen LogP contribution < -0.4 is 4.74 Å². The van der Waals surface area contributed by atoms with Crippen molar-refractivity contribution >= 4 is 18.4 Å². The molecule has 0 aromatic heterocycles. The van der Waals surface area contributed by atoms with Gasteiger partial charge in [0, 0.05) is 5.57 Å². The Kier molecular flexibility index (Phi) is 5.96. The van der Waals surface area contributed by atoms with Gasteiger partial charge in [0.1, 0.15) is 24.5 Å². The van der Waals surface area contributed by atoms with E-state index in [-0.39, 0.29) is 36.6 Å². The Morgan fingerprint density at radius 1 is 1.20 bits per heavy atom. The van der Waals surface area contributed by atoms with Crippen molar-refractivity contribution in [1.29, 1.82) is 0 Å². The molecule has 0 radical (unpaired) electrons. The largest absolute Gasteiger partial charge is 0.459 e. The molecule has 0 atom stereocenters. The van der Waals surface area contributed by atoms with E-state index in [4.69, 9.17) is 9.47 Å². The Bertz CT molecular complexity index is 520. The monoisotopic (exact) mass is 278 g/mol. The highest BCUT2D eigenvalue weighted by Gasteiger charge is 2.13. The normalized spacial score (nSPS) is 9.45. The van der Waals surface area contributed by atoms with E-state index in [1.807, 2.05) is 0 Å². The maximum absolute atomic E-state index is 11.7. The third kappa shape index (κ3) is 4.56. The average Bonchev–Trinajstić information content (AvgIpc) is 2.44. The second-order valence-electron chi connectivity index (χ2n) is 3.76. The molecule has 1 aromatic rings. The van der Waals surface area contributed by atoms with Crippen molar-refractivity contribution in [2.24, 2.45) is 0 Å². The number of benzene rings is 1. The zero-order valence-electron chi connectivity index (χ0n) is 11.0. The van der Waals surface area contributed by atoms with Crippen LogP contribution in [0.25, 0.3) is 0 Å². The van der Waals surface area contributed by atoms with Crippen molar-refractivity contribution in [1.82, 2.24) is 0 Å². The molecule has 6 heteroatoms. The number of hydrogen-bond acceptors (Lipinski definition) is 6. The maximum atomic E-state index is 11.7. The molecule has 0 spiro atoms. The number of esters is 2. The van der Waals surface area contributed by atoms with Crippen LogP contribution in [0.2, 0.25) is 0 Å². The lowest BCUT2D eigenvalue weighted by Gasteiger charge is -2.08. The van der Waals surface area contributed by atoms with Gasteiger partial charge in [0.25, 0.3) is 6.47 Å². The minimum atomic E-state index is -0.672. The topological polar surface area (TPSA) is 78.9 Å². The Balaban J connectivity index is 2.49. The molecule has 0 bridgehead atoms. The molecule has 0 saturated carbocycles. The number of rotatable bonds is 7. The number of carbonyl (C=O) groups excluding carboxylic acids is 3. The van der Waals surface area contributed by atoms with E-state index in [1.165, 1.54) is 19.1 Å². The highest BCUT2D eigenvalue weighted by molar-refractivity contribution is 5.92. The summed E-state index contributed by atoms with van der Waals surface area (Å²) in [6, 6.07) is 6.15. The molecule has 1 rings (SSSR count). The molecular formula is C14H14O6. The van der Waals surface area contributed by atoms with Gasteiger partial charge in [-0.3, -0.25) is 4.79 Å². The first-order chi connectivity index (χ1) is 9.56. The number of para-hydroxylation sites is 1. The minimum Gasteiger partial charge on any atom is -0.459 e. The lowest BCUT2D eigenvalue weighted by Crippen LogP contribution is -2.14. The van der Waals surface area contributed by atoms with E-state index in [0.717, 1.165) is 0 Å². The van der Waals surface area contributed by atoms with Crippen LogP contribution in [0.5, 0.6) is 5.75 Å². The maximum Gasteiger partial charge on any atom is 0.342 e. The molecule has 0 unspecified atom stereocenters. The Hall–Kier alpha value is -2.63. The van der Waals surface area contributed by atoms with Crippen LogP contribution >= 0.6 is 0 Å². The SMILES string of the molecule is C=C(C)C(=O)OCCOC(=O)c1ccccc1OC=O. The molecule has 0 heterocycles. The first-order valence-corrected chi connectivity index (χ1v) is 5.75. The Morgan fingerprint density at radius 3 is 2.50 bits per heavy atom. The van der Waals surface area contributed by atoms with Crippen LogP contribution in [0, 0.1) is 0 Å². The van der Waals surface area contributed by atoms with Gasteiger partial charge in [-0.15, -0.1) is 0 Å². The summed E-state index contributed by atoms with van der Waals surface area (Å²) in [5, 5.41) is 0. The summed E-state index contributed by atoms with van der Waals surface area (Å²) in [5.41, 5.74) is 0.381. The second kappa shape index (κ2) is 7.73. The van der Waals surface area contributed by atoms with Crippen LogP contribution in [0.3, 0.4) is 0 Å². The van der Waals surface area contributed by atoms with E-state index >= 15 is 0 Å². The molecular weight excluding hydrogens is 264 g/mol. The fourth-order valence-corrected chi connectivity index (χ4v) is 1.26. The predicted octanol–water partition coefficient (Wildman–Crippen LogP) is 1.50. The smallest absolute Gasteiger partial charge is 0.342 e. The summed E-state index contributed by atoms with van der Waals surface area (Å²) < 4.78 is 14.3. The molecule has 106 valence electrons. The van der Waals surface area contributed by atoms with Gasteiger partial charge >= 0.3 is 11.9 Å². The van der Waals surface area contributed by atoms with Crippen LogP contribution in [-0.2, 0) is 19.1 Å². The zero-order valence-corrected chi connectivity index (χ0v) is 11.0. The fourth-order valence-electron chi connectivity index (χ4n) is 1.26. The highest BCUT2D eigenvalue weighted by atomic mass is 16.6. The zero-order chi connectivity index (χ0) is 15.0. The minimum absolute atomic E-state index is 0.0753. The summed E-state index contributed by atoms with van der Waals surface area (Å²) in [6.45, 7) is 4.98. The van der Waals surface area contributed by atoms with Crippen molar-refractivity contribution in [2.75, 3.05) is 13.2 Å². The summed E-state index contributed by atoms with van der Waals surface area (Å²) in [5.74, 6) is -1.12. The lowest BCUT2D eigenvalue weighted by atomic mass is 10.2. The summed E-state index contributed by atoms with van der Waals surface area (Å²) >= 11 is 0. The van der Waals surface area contributed by atoms with Crippen molar-refractivity contribution in [2.45, 2.75) is 6.92 Å². The van der Waals surface area contributed by atoms with E-state index in [0.29, 0.717) is 0 Å². The molecule has 0 fully saturated rings. The van der Waals surface area contributed by atoms with Crippen molar-refractivity contribution < 1.29 is 28.6 Å². The van der Waals surface area contributed by atoms with Gasteiger partial charge in [-0.05, 0) is 19.1 Å². The molecule has 0 aliphatic carbocycles. The molecule has 0 aliphatic heterocycles. The van der Waals surface area contributed by atoms with Gasteiger partial charge in [-0.2, -0.15) is 0 Å². The van der Waals surface area contributed by atoms with Crippen LogP contribution in [0.4, 0.5) is 0 Å². The summed E-state index contributed by atoms with van der Waals surface area (Å²) in [4.78, 5) is 33.1. The quantitative estimate of drug-likeness (QED) is 0.325. The van der Waals surface area contributed by atoms with E-state index in [9.17, 15) is 14.4 Å². The third-order valence-electron chi connectivity index (χ3n) is 2.18. The van der Waals surface area contributed by atoms with Gasteiger partial charge in [0.05, 0.1) is 0 Å². The highest BCUT2D eigenvalue weighted by Crippen LogP contribution is 2.18. The van der Waals surface area contributed by atoms with Gasteiger partial charge in [0.2, 0.25) is 0 Å². The molecule has 20 heavy (non-hydrogen) atoms. The second-order valence-corrected chi connectivity index (χ2v) is 3.76. The lowest BCUT2D eigenvalue weighted by molar-refractivity contribution is -0.140. The van der Waals surface area contributed by atoms with Gasteiger partial charge < -0.3 is 14.2 Å². The predicted molar refractivity (Wildman–Crippen MR) is 69.2 cm³/mol. The van der Waals surface area contributed by atoms with Gasteiger partial charge in [0.15, 0.2) is 0 Å². The Labute approximate surface area is 115 Å². The van der Waals surface area contributed by atoms with Crippen molar-refractivity contribution in [3.05, 3.63) is 42.0 Å². The van der Waals surface area contributed by atoms with E-state index in [2.05, 4.69) is 11.3 Å². The molecule has 6 nitrogen and oxygen atoms in total. The summed E-state index contributed by atoms with van der Waals surface area (Å²) in [7, 11) is 0. The van der Waals surface area contributed by atoms with Crippen molar-refractivity contribution in [3.63, 3.8) is 0 Å². The van der Waals surface area contributed by atoms with Gasteiger partial charge in [-0.1, -0.05) is 18.7 Å². The van der Waals surface area contributed by atoms with Crippen LogP contribution in [0.15, 0.2) is 36.4 Å². The molecule has 1 aromatic carbocycles. The average molecular weight is 278 g/mol. The molecule has 0 saturated heterocycles. The Morgan fingerprint density at radius 2 is 1.85 bits per heavy atom. The van der Waals surface area contributed by atoms with E-state index < -0.39 is 11.9 Å². The number of hydrogen-bond donors (Lipinski definition) is 0. The number of carbonyl (C=O) groups is 3. The van der Waals surface area contributed by atoms with E-state index in [1.54, 1.807) is 12.1 Å². The first-order valence-electron chi connectivity index (χ1n) is 5.75. The summed E-state index contributed by atoms with van der Waals surface area (Å²) in [6.07, 6.45) is 0. The first kappa shape index (κ1) is 15.4. The van der Waals surface area contributed by atoms with Crippen LogP contribution in [0.1, 0.15) is 17.3 Å². The van der Waals surface area contributed by atoms with Crippen LogP contribution in [-0.4, -0.2) is 31.6 Å². The third-order valence-corrected chi connectivity index (χ3v) is 2.18. The van der Waals surface area contributed by atoms with Crippen molar-refractivity contribution in [3.8, 4) is 5.75 Å². The fraction of sp³-hybridized carbons (Fsp3) is 0.214.